The van der Waals surface area contributed by atoms with E-state index in [0.29, 0.717) is 10.8 Å². The van der Waals surface area contributed by atoms with Crippen molar-refractivity contribution in [3.63, 3.8) is 0 Å². The van der Waals surface area contributed by atoms with Gasteiger partial charge in [0.15, 0.2) is 24.0 Å². The molecule has 110 valence electrons. The summed E-state index contributed by atoms with van der Waals surface area (Å²) in [6, 6.07) is 9.31. The van der Waals surface area contributed by atoms with Crippen molar-refractivity contribution in [2.24, 2.45) is 0 Å². The Morgan fingerprint density at radius 1 is 1.19 bits per heavy atom. The average molecular weight is 309 g/mol. The lowest BCUT2D eigenvalue weighted by Crippen LogP contribution is -2.12. The Labute approximate surface area is 127 Å². The highest BCUT2D eigenvalue weighted by molar-refractivity contribution is 6.32. The zero-order chi connectivity index (χ0) is 15.4. The van der Waals surface area contributed by atoms with Crippen LogP contribution in [0.2, 0.25) is 5.02 Å². The molecule has 5 heteroatoms. The molecule has 2 rings (SSSR count). The van der Waals surface area contributed by atoms with Gasteiger partial charge in [-0.15, -0.1) is 0 Å². The summed E-state index contributed by atoms with van der Waals surface area (Å²) in [4.78, 5) is 12.0. The molecule has 0 aromatic heterocycles. The maximum absolute atomic E-state index is 13.6. The maximum Gasteiger partial charge on any atom is 0.200 e. The molecule has 21 heavy (non-hydrogen) atoms. The van der Waals surface area contributed by atoms with Crippen LogP contribution in [0, 0.1) is 12.7 Å². The fourth-order valence-corrected chi connectivity index (χ4v) is 1.96. The number of hydrogen-bond donors (Lipinski definition) is 0. The molecule has 0 aliphatic rings. The molecule has 0 fully saturated rings. The SMILES string of the molecule is COc1ccc(C(=O)COc2cc(C)ccc2Cl)cc1F. The second-order valence-electron chi connectivity index (χ2n) is 4.50. The number of ketones is 1. The predicted molar refractivity (Wildman–Crippen MR) is 79.0 cm³/mol. The number of benzene rings is 2. The maximum atomic E-state index is 13.6. The van der Waals surface area contributed by atoms with Crippen molar-refractivity contribution in [1.82, 2.24) is 0 Å². The van der Waals surface area contributed by atoms with E-state index in [1.165, 1.54) is 19.2 Å². The van der Waals surface area contributed by atoms with Crippen molar-refractivity contribution in [2.45, 2.75) is 6.92 Å². The summed E-state index contributed by atoms with van der Waals surface area (Å²) in [5, 5.41) is 0.425. The van der Waals surface area contributed by atoms with Gasteiger partial charge in [-0.1, -0.05) is 17.7 Å². The molecule has 0 heterocycles. The molecule has 0 spiro atoms. The molecule has 3 nitrogen and oxygen atoms in total. The van der Waals surface area contributed by atoms with Crippen molar-refractivity contribution in [2.75, 3.05) is 13.7 Å². The van der Waals surface area contributed by atoms with Crippen LogP contribution in [0.15, 0.2) is 36.4 Å². The lowest BCUT2D eigenvalue weighted by molar-refractivity contribution is 0.0921. The van der Waals surface area contributed by atoms with E-state index in [-0.39, 0.29) is 23.7 Å². The largest absolute Gasteiger partial charge is 0.494 e. The van der Waals surface area contributed by atoms with Gasteiger partial charge in [0.05, 0.1) is 12.1 Å². The molecular weight excluding hydrogens is 295 g/mol. The Hall–Kier alpha value is -2.07. The Kier molecular flexibility index (Phi) is 4.81. The van der Waals surface area contributed by atoms with Crippen LogP contribution in [0.1, 0.15) is 15.9 Å². The molecular formula is C16H14ClFO3. The minimum Gasteiger partial charge on any atom is -0.494 e. The first-order valence-electron chi connectivity index (χ1n) is 6.27. The third-order valence-corrected chi connectivity index (χ3v) is 3.23. The fraction of sp³-hybridized carbons (Fsp3) is 0.188. The summed E-state index contributed by atoms with van der Waals surface area (Å²) < 4.78 is 23.7. The van der Waals surface area contributed by atoms with Crippen LogP contribution in [-0.4, -0.2) is 19.5 Å². The highest BCUT2D eigenvalue weighted by Crippen LogP contribution is 2.25. The summed E-state index contributed by atoms with van der Waals surface area (Å²) in [6.07, 6.45) is 0. The number of hydrogen-bond acceptors (Lipinski definition) is 3. The third-order valence-electron chi connectivity index (χ3n) is 2.92. The van der Waals surface area contributed by atoms with Gasteiger partial charge < -0.3 is 9.47 Å². The van der Waals surface area contributed by atoms with Crippen molar-refractivity contribution >= 4 is 17.4 Å². The van der Waals surface area contributed by atoms with Gasteiger partial charge in [-0.2, -0.15) is 0 Å². The first kappa shape index (κ1) is 15.3. The minimum atomic E-state index is -0.586. The monoisotopic (exact) mass is 308 g/mol. The lowest BCUT2D eigenvalue weighted by atomic mass is 10.1. The van der Waals surface area contributed by atoms with Crippen LogP contribution in [0.25, 0.3) is 0 Å². The van der Waals surface area contributed by atoms with Crippen LogP contribution in [0.3, 0.4) is 0 Å². The first-order valence-corrected chi connectivity index (χ1v) is 6.64. The van der Waals surface area contributed by atoms with Gasteiger partial charge in [-0.25, -0.2) is 4.39 Å². The Morgan fingerprint density at radius 3 is 2.62 bits per heavy atom. The Balaban J connectivity index is 2.08. The number of methoxy groups -OCH3 is 1. The smallest absolute Gasteiger partial charge is 0.200 e. The van der Waals surface area contributed by atoms with Crippen LogP contribution in [-0.2, 0) is 0 Å². The topological polar surface area (TPSA) is 35.5 Å². The molecule has 0 aliphatic heterocycles. The van der Waals surface area contributed by atoms with E-state index in [9.17, 15) is 9.18 Å². The summed E-state index contributed by atoms with van der Waals surface area (Å²) in [6.45, 7) is 1.68. The predicted octanol–water partition coefficient (Wildman–Crippen LogP) is 4.06. The van der Waals surface area contributed by atoms with Gasteiger partial charge in [0.1, 0.15) is 5.75 Å². The molecule has 0 N–H and O–H groups in total. The van der Waals surface area contributed by atoms with Crippen molar-refractivity contribution in [3.05, 3.63) is 58.4 Å². The summed E-state index contributed by atoms with van der Waals surface area (Å²) >= 11 is 5.98. The quantitative estimate of drug-likeness (QED) is 0.781. The van der Waals surface area contributed by atoms with Crippen molar-refractivity contribution in [1.29, 1.82) is 0 Å². The minimum absolute atomic E-state index is 0.0918. The Bertz CT molecular complexity index is 671. The van der Waals surface area contributed by atoms with E-state index >= 15 is 0 Å². The molecule has 0 radical (unpaired) electrons. The second kappa shape index (κ2) is 6.59. The Morgan fingerprint density at radius 2 is 1.95 bits per heavy atom. The van der Waals surface area contributed by atoms with Crippen LogP contribution in [0.5, 0.6) is 11.5 Å². The molecule has 0 bridgehead atoms. The van der Waals surface area contributed by atoms with Gasteiger partial charge in [0, 0.05) is 5.56 Å². The van der Waals surface area contributed by atoms with Gasteiger partial charge in [-0.3, -0.25) is 4.79 Å². The number of rotatable bonds is 5. The van der Waals surface area contributed by atoms with Crippen LogP contribution >= 0.6 is 11.6 Å². The zero-order valence-corrected chi connectivity index (χ0v) is 12.4. The van der Waals surface area contributed by atoms with Crippen molar-refractivity contribution in [3.8, 4) is 11.5 Å². The number of halogens is 2. The molecule has 0 atom stereocenters. The van der Waals surface area contributed by atoms with Gasteiger partial charge in [0.2, 0.25) is 0 Å². The average Bonchev–Trinajstić information content (AvgIpc) is 2.47. The first-order chi connectivity index (χ1) is 10.0. The van der Waals surface area contributed by atoms with E-state index < -0.39 is 5.82 Å². The number of Topliss-reactive ketones (excluding diaryl/α,β-unsaturated/α-hetero) is 1. The van der Waals surface area contributed by atoms with Gasteiger partial charge >= 0.3 is 0 Å². The number of carbonyl (C=O) groups excluding carboxylic acids is 1. The van der Waals surface area contributed by atoms with E-state index in [1.807, 2.05) is 13.0 Å². The van der Waals surface area contributed by atoms with Crippen LogP contribution in [0.4, 0.5) is 4.39 Å². The summed E-state index contributed by atoms with van der Waals surface area (Å²) in [7, 11) is 1.36. The molecule has 0 amide bonds. The zero-order valence-electron chi connectivity index (χ0n) is 11.7. The third kappa shape index (κ3) is 3.73. The fourth-order valence-electron chi connectivity index (χ4n) is 1.79. The van der Waals surface area contributed by atoms with Gasteiger partial charge in [-0.05, 0) is 42.8 Å². The highest BCUT2D eigenvalue weighted by Gasteiger charge is 2.12. The van der Waals surface area contributed by atoms with E-state index in [2.05, 4.69) is 0 Å². The van der Waals surface area contributed by atoms with Crippen molar-refractivity contribution < 1.29 is 18.7 Å². The number of ether oxygens (including phenoxy) is 2. The van der Waals surface area contributed by atoms with E-state index in [4.69, 9.17) is 21.1 Å². The highest BCUT2D eigenvalue weighted by atomic mass is 35.5. The molecule has 2 aromatic rings. The second-order valence-corrected chi connectivity index (χ2v) is 4.90. The summed E-state index contributed by atoms with van der Waals surface area (Å²) in [5.41, 5.74) is 1.19. The molecule has 0 unspecified atom stereocenters. The van der Waals surface area contributed by atoms with E-state index in [1.54, 1.807) is 12.1 Å². The van der Waals surface area contributed by atoms with E-state index in [0.717, 1.165) is 11.6 Å². The lowest BCUT2D eigenvalue weighted by Gasteiger charge is -2.09. The standard InChI is InChI=1S/C16H14ClFO3/c1-10-3-5-12(17)16(7-10)21-9-14(19)11-4-6-15(20-2)13(18)8-11/h3-8H,9H2,1-2H3. The normalized spacial score (nSPS) is 10.3. The van der Waals surface area contributed by atoms with Gasteiger partial charge in [0.25, 0.3) is 0 Å². The molecule has 0 saturated heterocycles. The van der Waals surface area contributed by atoms with Crippen LogP contribution < -0.4 is 9.47 Å². The molecule has 0 saturated carbocycles. The number of carbonyl (C=O) groups is 1. The summed E-state index contributed by atoms with van der Waals surface area (Å²) in [5.74, 6) is -0.403. The molecule has 0 aliphatic carbocycles. The molecule has 2 aromatic carbocycles. The number of aryl methyl sites for hydroxylation is 1.